The van der Waals surface area contributed by atoms with Crippen LogP contribution in [-0.2, 0) is 0 Å². The standard InChI is InChI=1S/C14H20ClN/c1-5-10(2)8-14(16-4)13-9-12(15)7-6-11(13)3/h6-7,9,14,16H,2,5,8H2,1,3-4H3. The Morgan fingerprint density at radius 2 is 2.19 bits per heavy atom. The Hall–Kier alpha value is -0.790. The van der Waals surface area contributed by atoms with Crippen LogP contribution in [0.2, 0.25) is 5.02 Å². The summed E-state index contributed by atoms with van der Waals surface area (Å²) in [7, 11) is 1.98. The Kier molecular flexibility index (Phi) is 5.04. The first-order valence-electron chi connectivity index (χ1n) is 5.68. The van der Waals surface area contributed by atoms with Crippen LogP contribution in [0.4, 0.5) is 0 Å². The van der Waals surface area contributed by atoms with Gasteiger partial charge in [-0.25, -0.2) is 0 Å². The molecule has 0 aromatic heterocycles. The summed E-state index contributed by atoms with van der Waals surface area (Å²) in [6, 6.07) is 6.35. The highest BCUT2D eigenvalue weighted by Gasteiger charge is 2.12. The van der Waals surface area contributed by atoms with Crippen molar-refractivity contribution in [3.8, 4) is 0 Å². The van der Waals surface area contributed by atoms with Crippen LogP contribution in [0.15, 0.2) is 30.4 Å². The molecule has 1 aromatic carbocycles. The van der Waals surface area contributed by atoms with Gasteiger partial charge in [0.25, 0.3) is 0 Å². The zero-order chi connectivity index (χ0) is 12.1. The molecule has 0 fully saturated rings. The maximum atomic E-state index is 6.04. The van der Waals surface area contributed by atoms with E-state index in [0.29, 0.717) is 6.04 Å². The summed E-state index contributed by atoms with van der Waals surface area (Å²) in [5.41, 5.74) is 3.80. The third-order valence-electron chi connectivity index (χ3n) is 2.96. The molecule has 1 rings (SSSR count). The Morgan fingerprint density at radius 3 is 2.75 bits per heavy atom. The summed E-state index contributed by atoms with van der Waals surface area (Å²) in [5, 5.41) is 4.13. The molecule has 1 atom stereocenters. The second-order valence-electron chi connectivity index (χ2n) is 4.15. The minimum Gasteiger partial charge on any atom is -0.313 e. The molecular formula is C14H20ClN. The van der Waals surface area contributed by atoms with Gasteiger partial charge < -0.3 is 5.32 Å². The van der Waals surface area contributed by atoms with Crippen LogP contribution in [-0.4, -0.2) is 7.05 Å². The smallest absolute Gasteiger partial charge is 0.0409 e. The lowest BCUT2D eigenvalue weighted by Crippen LogP contribution is -2.17. The van der Waals surface area contributed by atoms with Crippen molar-refractivity contribution in [3.63, 3.8) is 0 Å². The average molecular weight is 238 g/mol. The first-order chi connectivity index (χ1) is 7.58. The molecule has 1 nitrogen and oxygen atoms in total. The highest BCUT2D eigenvalue weighted by Crippen LogP contribution is 2.26. The molecule has 0 aliphatic carbocycles. The molecule has 2 heteroatoms. The zero-order valence-electron chi connectivity index (χ0n) is 10.3. The summed E-state index contributed by atoms with van der Waals surface area (Å²) < 4.78 is 0. The highest BCUT2D eigenvalue weighted by molar-refractivity contribution is 6.30. The van der Waals surface area contributed by atoms with Gasteiger partial charge >= 0.3 is 0 Å². The van der Waals surface area contributed by atoms with Gasteiger partial charge in [0, 0.05) is 11.1 Å². The van der Waals surface area contributed by atoms with Crippen molar-refractivity contribution in [3.05, 3.63) is 46.5 Å². The van der Waals surface area contributed by atoms with Crippen LogP contribution < -0.4 is 5.32 Å². The SMILES string of the molecule is C=C(CC)CC(NC)c1cc(Cl)ccc1C. The van der Waals surface area contributed by atoms with Gasteiger partial charge in [-0.2, -0.15) is 0 Å². The lowest BCUT2D eigenvalue weighted by Gasteiger charge is -2.20. The van der Waals surface area contributed by atoms with Gasteiger partial charge in [-0.15, -0.1) is 0 Å². The van der Waals surface area contributed by atoms with Gasteiger partial charge in [0.1, 0.15) is 0 Å². The van der Waals surface area contributed by atoms with Crippen LogP contribution >= 0.6 is 11.6 Å². The minimum absolute atomic E-state index is 0.311. The maximum absolute atomic E-state index is 6.04. The number of aryl methyl sites for hydroxylation is 1. The second kappa shape index (κ2) is 6.07. The topological polar surface area (TPSA) is 12.0 Å². The highest BCUT2D eigenvalue weighted by atomic mass is 35.5. The van der Waals surface area contributed by atoms with Crippen molar-refractivity contribution in [2.45, 2.75) is 32.7 Å². The summed E-state index contributed by atoms with van der Waals surface area (Å²) >= 11 is 6.04. The lowest BCUT2D eigenvalue weighted by molar-refractivity contribution is 0.580. The normalized spacial score (nSPS) is 12.5. The molecule has 0 aliphatic heterocycles. The van der Waals surface area contributed by atoms with Crippen LogP contribution in [0.1, 0.15) is 36.9 Å². The van der Waals surface area contributed by atoms with E-state index < -0.39 is 0 Å². The Labute approximate surface area is 104 Å². The lowest BCUT2D eigenvalue weighted by atomic mass is 9.95. The van der Waals surface area contributed by atoms with Crippen LogP contribution in [0.25, 0.3) is 0 Å². The van der Waals surface area contributed by atoms with E-state index in [1.54, 1.807) is 0 Å². The third-order valence-corrected chi connectivity index (χ3v) is 3.19. The molecule has 0 saturated heterocycles. The van der Waals surface area contributed by atoms with Gasteiger partial charge in [-0.3, -0.25) is 0 Å². The molecule has 0 aliphatic rings. The van der Waals surface area contributed by atoms with E-state index in [9.17, 15) is 0 Å². The van der Waals surface area contributed by atoms with Crippen molar-refractivity contribution >= 4 is 11.6 Å². The first kappa shape index (κ1) is 13.3. The van der Waals surface area contributed by atoms with E-state index in [2.05, 4.69) is 31.8 Å². The Balaban J connectivity index is 2.94. The fraction of sp³-hybridized carbons (Fsp3) is 0.429. The van der Waals surface area contributed by atoms with E-state index in [0.717, 1.165) is 17.9 Å². The van der Waals surface area contributed by atoms with E-state index >= 15 is 0 Å². The number of hydrogen-bond acceptors (Lipinski definition) is 1. The molecule has 1 N–H and O–H groups in total. The summed E-state index contributed by atoms with van der Waals surface area (Å²) in [5.74, 6) is 0. The van der Waals surface area contributed by atoms with Crippen LogP contribution in [0, 0.1) is 6.92 Å². The molecule has 0 saturated carbocycles. The quantitative estimate of drug-likeness (QED) is 0.755. The van der Waals surface area contributed by atoms with E-state index in [1.165, 1.54) is 16.7 Å². The van der Waals surface area contributed by atoms with Crippen molar-refractivity contribution < 1.29 is 0 Å². The second-order valence-corrected chi connectivity index (χ2v) is 4.59. The molecule has 16 heavy (non-hydrogen) atoms. The zero-order valence-corrected chi connectivity index (χ0v) is 11.1. The van der Waals surface area contributed by atoms with Crippen molar-refractivity contribution in [2.24, 2.45) is 0 Å². The van der Waals surface area contributed by atoms with Gasteiger partial charge in [-0.1, -0.05) is 36.7 Å². The fourth-order valence-electron chi connectivity index (χ4n) is 1.79. The van der Waals surface area contributed by atoms with Crippen molar-refractivity contribution in [1.29, 1.82) is 0 Å². The number of nitrogens with one attached hydrogen (secondary N) is 1. The molecule has 88 valence electrons. The summed E-state index contributed by atoms with van der Waals surface area (Å²) in [6.07, 6.45) is 1.99. The van der Waals surface area contributed by atoms with E-state index in [4.69, 9.17) is 11.6 Å². The number of rotatable bonds is 5. The Bertz CT molecular complexity index is 371. The summed E-state index contributed by atoms with van der Waals surface area (Å²) in [6.45, 7) is 8.32. The molecule has 1 unspecified atom stereocenters. The Morgan fingerprint density at radius 1 is 1.50 bits per heavy atom. The predicted octanol–water partition coefficient (Wildman–Crippen LogP) is 4.27. The molecule has 1 aromatic rings. The summed E-state index contributed by atoms with van der Waals surface area (Å²) in [4.78, 5) is 0. The van der Waals surface area contributed by atoms with Gasteiger partial charge in [0.05, 0.1) is 0 Å². The monoisotopic (exact) mass is 237 g/mol. The minimum atomic E-state index is 0.311. The third kappa shape index (κ3) is 3.36. The number of halogens is 1. The number of hydrogen-bond donors (Lipinski definition) is 1. The predicted molar refractivity (Wildman–Crippen MR) is 72.0 cm³/mol. The van der Waals surface area contributed by atoms with Gasteiger partial charge in [0.15, 0.2) is 0 Å². The number of benzene rings is 1. The van der Waals surface area contributed by atoms with E-state index in [1.807, 2.05) is 19.2 Å². The molecule has 0 spiro atoms. The largest absolute Gasteiger partial charge is 0.313 e. The molecule has 0 radical (unpaired) electrons. The fourth-order valence-corrected chi connectivity index (χ4v) is 1.97. The van der Waals surface area contributed by atoms with Gasteiger partial charge in [-0.05, 0) is 50.1 Å². The van der Waals surface area contributed by atoms with Crippen LogP contribution in [0.3, 0.4) is 0 Å². The molecule has 0 bridgehead atoms. The van der Waals surface area contributed by atoms with E-state index in [-0.39, 0.29) is 0 Å². The molecule has 0 amide bonds. The van der Waals surface area contributed by atoms with Crippen LogP contribution in [0.5, 0.6) is 0 Å². The van der Waals surface area contributed by atoms with Gasteiger partial charge in [0.2, 0.25) is 0 Å². The van der Waals surface area contributed by atoms with Crippen molar-refractivity contribution in [1.82, 2.24) is 5.32 Å². The molecular weight excluding hydrogens is 218 g/mol. The maximum Gasteiger partial charge on any atom is 0.0409 e. The first-order valence-corrected chi connectivity index (χ1v) is 6.06. The average Bonchev–Trinajstić information content (AvgIpc) is 2.29. The van der Waals surface area contributed by atoms with Crippen molar-refractivity contribution in [2.75, 3.05) is 7.05 Å². The molecule has 0 heterocycles.